The van der Waals surface area contributed by atoms with Crippen LogP contribution >= 0.6 is 0 Å². The number of methoxy groups -OCH3 is 1. The van der Waals surface area contributed by atoms with Gasteiger partial charge in [-0.2, -0.15) is 0 Å². The molecule has 0 saturated heterocycles. The summed E-state index contributed by atoms with van der Waals surface area (Å²) in [5.41, 5.74) is 0.811. The number of amides is 3. The van der Waals surface area contributed by atoms with Crippen LogP contribution in [0.25, 0.3) is 0 Å². The quantitative estimate of drug-likeness (QED) is 0.583. The van der Waals surface area contributed by atoms with Gasteiger partial charge in [0, 0.05) is 26.9 Å². The van der Waals surface area contributed by atoms with E-state index < -0.39 is 45.5 Å². The van der Waals surface area contributed by atoms with E-state index in [1.54, 1.807) is 24.3 Å². The Morgan fingerprint density at radius 2 is 1.94 bits per heavy atom. The fourth-order valence-electron chi connectivity index (χ4n) is 3.91. The van der Waals surface area contributed by atoms with E-state index in [4.69, 9.17) is 9.47 Å². The molecule has 3 rings (SSSR count). The van der Waals surface area contributed by atoms with Gasteiger partial charge in [-0.3, -0.25) is 19.3 Å². The number of ether oxygens (including phenoxy) is 2. The SMILES string of the molecule is CCOC1C=C(C(CS(C)(=O)=O)N2C(=O)c3cccc(NC(C)=O)c3C2=O)C=CC1OC. The molecule has 9 nitrogen and oxygen atoms in total. The minimum atomic E-state index is -3.58. The maximum absolute atomic E-state index is 13.4. The van der Waals surface area contributed by atoms with Crippen LogP contribution in [0, 0.1) is 0 Å². The van der Waals surface area contributed by atoms with Crippen molar-refractivity contribution >= 4 is 33.2 Å². The summed E-state index contributed by atoms with van der Waals surface area (Å²) < 4.78 is 35.6. The summed E-state index contributed by atoms with van der Waals surface area (Å²) in [6.07, 6.45) is 5.21. The number of imide groups is 1. The Bertz CT molecular complexity index is 1110. The fraction of sp³-hybridized carbons (Fsp3) is 0.409. The van der Waals surface area contributed by atoms with Crippen molar-refractivity contribution in [3.05, 3.63) is 53.1 Å². The Kier molecular flexibility index (Phi) is 6.97. The van der Waals surface area contributed by atoms with Crippen LogP contribution in [0.15, 0.2) is 42.0 Å². The highest BCUT2D eigenvalue weighted by molar-refractivity contribution is 7.90. The average Bonchev–Trinajstić information content (AvgIpc) is 2.96. The number of rotatable bonds is 8. The summed E-state index contributed by atoms with van der Waals surface area (Å²) in [5, 5.41) is 2.56. The topological polar surface area (TPSA) is 119 Å². The van der Waals surface area contributed by atoms with E-state index in [-0.39, 0.29) is 22.9 Å². The summed E-state index contributed by atoms with van der Waals surface area (Å²) in [5.74, 6) is -2.14. The molecule has 172 valence electrons. The molecule has 3 unspecified atom stereocenters. The van der Waals surface area contributed by atoms with Crippen molar-refractivity contribution in [2.75, 3.05) is 31.0 Å². The van der Waals surface area contributed by atoms with Crippen LogP contribution < -0.4 is 5.32 Å². The molecule has 0 fully saturated rings. The van der Waals surface area contributed by atoms with Gasteiger partial charge < -0.3 is 14.8 Å². The van der Waals surface area contributed by atoms with Gasteiger partial charge in [-0.25, -0.2) is 8.42 Å². The van der Waals surface area contributed by atoms with Crippen LogP contribution in [0.5, 0.6) is 0 Å². The van der Waals surface area contributed by atoms with E-state index in [1.165, 1.54) is 26.2 Å². The van der Waals surface area contributed by atoms with Crippen LogP contribution in [-0.2, 0) is 24.1 Å². The van der Waals surface area contributed by atoms with Gasteiger partial charge >= 0.3 is 0 Å². The predicted octanol–water partition coefficient (Wildman–Crippen LogP) is 1.57. The Labute approximate surface area is 187 Å². The second-order valence-electron chi connectivity index (χ2n) is 7.64. The molecule has 3 amide bonds. The molecule has 1 aliphatic heterocycles. The number of sulfone groups is 1. The van der Waals surface area contributed by atoms with E-state index in [9.17, 15) is 22.8 Å². The van der Waals surface area contributed by atoms with Crippen molar-refractivity contribution in [2.24, 2.45) is 0 Å². The Morgan fingerprint density at radius 1 is 1.22 bits per heavy atom. The molecule has 1 aromatic carbocycles. The third kappa shape index (κ3) is 4.82. The summed E-state index contributed by atoms with van der Waals surface area (Å²) in [4.78, 5) is 39.1. The summed E-state index contributed by atoms with van der Waals surface area (Å²) in [6, 6.07) is 3.49. The summed E-state index contributed by atoms with van der Waals surface area (Å²) in [7, 11) is -2.06. The number of hydrogen-bond donors (Lipinski definition) is 1. The number of carbonyl (C=O) groups excluding carboxylic acids is 3. The van der Waals surface area contributed by atoms with Gasteiger partial charge in [0.05, 0.1) is 28.6 Å². The van der Waals surface area contributed by atoms with Gasteiger partial charge in [0.25, 0.3) is 11.8 Å². The largest absolute Gasteiger partial charge is 0.374 e. The summed E-state index contributed by atoms with van der Waals surface area (Å²) >= 11 is 0. The molecule has 1 N–H and O–H groups in total. The van der Waals surface area contributed by atoms with Crippen molar-refractivity contribution in [3.8, 4) is 0 Å². The molecule has 32 heavy (non-hydrogen) atoms. The normalized spacial score (nSPS) is 21.4. The highest BCUT2D eigenvalue weighted by Gasteiger charge is 2.44. The highest BCUT2D eigenvalue weighted by Crippen LogP contribution is 2.34. The number of carbonyl (C=O) groups is 3. The monoisotopic (exact) mass is 462 g/mol. The van der Waals surface area contributed by atoms with Crippen LogP contribution in [-0.4, -0.2) is 75.0 Å². The number of fused-ring (bicyclic) bond motifs is 1. The first kappa shape index (κ1) is 23.8. The molecule has 3 atom stereocenters. The molecular weight excluding hydrogens is 436 g/mol. The second kappa shape index (κ2) is 9.35. The lowest BCUT2D eigenvalue weighted by atomic mass is 9.96. The van der Waals surface area contributed by atoms with Gasteiger partial charge in [-0.15, -0.1) is 0 Å². The zero-order chi connectivity index (χ0) is 23.6. The lowest BCUT2D eigenvalue weighted by Crippen LogP contribution is -2.46. The van der Waals surface area contributed by atoms with Gasteiger partial charge in [-0.05, 0) is 30.7 Å². The van der Waals surface area contributed by atoms with Crippen LogP contribution in [0.2, 0.25) is 0 Å². The van der Waals surface area contributed by atoms with E-state index in [1.807, 2.05) is 6.92 Å². The van der Waals surface area contributed by atoms with E-state index in [2.05, 4.69) is 5.32 Å². The van der Waals surface area contributed by atoms with Gasteiger partial charge in [0.2, 0.25) is 5.91 Å². The number of benzene rings is 1. The Hall–Kier alpha value is -2.82. The average molecular weight is 463 g/mol. The first-order chi connectivity index (χ1) is 15.1. The molecule has 1 aliphatic carbocycles. The molecular formula is C22H26N2O7S. The number of anilines is 1. The molecule has 2 aliphatic rings. The van der Waals surface area contributed by atoms with E-state index >= 15 is 0 Å². The Balaban J connectivity index is 2.07. The molecule has 0 bridgehead atoms. The van der Waals surface area contributed by atoms with E-state index in [0.717, 1.165) is 11.2 Å². The third-order valence-corrected chi connectivity index (χ3v) is 6.13. The molecule has 10 heteroatoms. The number of nitrogens with zero attached hydrogens (tertiary/aromatic N) is 1. The second-order valence-corrected chi connectivity index (χ2v) is 9.83. The maximum Gasteiger partial charge on any atom is 0.264 e. The standard InChI is InChI=1S/C22H26N2O7S/c1-5-31-19-11-14(9-10-18(19)30-3)17(12-32(4,28)29)24-21(26)15-7-6-8-16(23-13(2)25)20(15)22(24)27/h6-11,17-19H,5,12H2,1-4H3,(H,23,25). The molecule has 0 saturated carbocycles. The minimum Gasteiger partial charge on any atom is -0.374 e. The zero-order valence-electron chi connectivity index (χ0n) is 18.3. The lowest BCUT2D eigenvalue weighted by Gasteiger charge is -2.31. The molecule has 0 spiro atoms. The first-order valence-corrected chi connectivity index (χ1v) is 12.1. The molecule has 0 aromatic heterocycles. The molecule has 1 aromatic rings. The van der Waals surface area contributed by atoms with Crippen LogP contribution in [0.1, 0.15) is 34.6 Å². The van der Waals surface area contributed by atoms with Crippen molar-refractivity contribution < 1.29 is 32.3 Å². The predicted molar refractivity (Wildman–Crippen MR) is 118 cm³/mol. The third-order valence-electron chi connectivity index (χ3n) is 5.20. The molecule has 1 heterocycles. The van der Waals surface area contributed by atoms with Crippen molar-refractivity contribution in [1.29, 1.82) is 0 Å². The zero-order valence-corrected chi connectivity index (χ0v) is 19.1. The van der Waals surface area contributed by atoms with Gasteiger partial charge in [0.1, 0.15) is 22.0 Å². The fourth-order valence-corrected chi connectivity index (χ4v) is 4.83. The number of nitrogens with one attached hydrogen (secondary N) is 1. The first-order valence-electron chi connectivity index (χ1n) is 10.1. The number of hydrogen-bond acceptors (Lipinski definition) is 7. The van der Waals surface area contributed by atoms with Gasteiger partial charge in [-0.1, -0.05) is 18.2 Å². The highest BCUT2D eigenvalue weighted by atomic mass is 32.2. The smallest absolute Gasteiger partial charge is 0.264 e. The van der Waals surface area contributed by atoms with Crippen molar-refractivity contribution in [2.45, 2.75) is 32.1 Å². The van der Waals surface area contributed by atoms with Crippen LogP contribution in [0.3, 0.4) is 0 Å². The van der Waals surface area contributed by atoms with Crippen molar-refractivity contribution in [1.82, 2.24) is 4.90 Å². The van der Waals surface area contributed by atoms with E-state index in [0.29, 0.717) is 12.2 Å². The van der Waals surface area contributed by atoms with Crippen LogP contribution in [0.4, 0.5) is 5.69 Å². The maximum atomic E-state index is 13.4. The Morgan fingerprint density at radius 3 is 2.53 bits per heavy atom. The lowest BCUT2D eigenvalue weighted by molar-refractivity contribution is -0.114. The van der Waals surface area contributed by atoms with Gasteiger partial charge in [0.15, 0.2) is 0 Å². The minimum absolute atomic E-state index is 0.0442. The summed E-state index contributed by atoms with van der Waals surface area (Å²) in [6.45, 7) is 3.51. The molecule has 0 radical (unpaired) electrons. The van der Waals surface area contributed by atoms with Crippen molar-refractivity contribution in [3.63, 3.8) is 0 Å².